The molecule has 2 rings (SSSR count). The minimum Gasteiger partial charge on any atom is -0.390 e. The summed E-state index contributed by atoms with van der Waals surface area (Å²) in [6.45, 7) is 5.92. The fraction of sp³-hybridized carbons (Fsp3) is 1.00. The molecule has 3 heteroatoms. The molecule has 3 nitrogen and oxygen atoms in total. The average Bonchev–Trinajstić information content (AvgIpc) is 2.13. The molecule has 88 valence electrons. The summed E-state index contributed by atoms with van der Waals surface area (Å²) < 4.78 is 10.9. The number of aliphatic hydroxyl groups excluding tert-OH is 1. The number of aliphatic hydroxyl groups is 1. The van der Waals surface area contributed by atoms with E-state index in [4.69, 9.17) is 9.47 Å². The van der Waals surface area contributed by atoms with Crippen LogP contribution >= 0.6 is 0 Å². The molecule has 1 saturated heterocycles. The molecule has 1 saturated carbocycles. The highest BCUT2D eigenvalue weighted by molar-refractivity contribution is 4.83. The van der Waals surface area contributed by atoms with E-state index in [0.29, 0.717) is 25.0 Å². The summed E-state index contributed by atoms with van der Waals surface area (Å²) in [7, 11) is 0. The molecule has 0 radical (unpaired) electrons. The average molecular weight is 214 g/mol. The first-order valence-electron chi connectivity index (χ1n) is 6.08. The molecular formula is C12H22O3. The number of hydrogen-bond donors (Lipinski definition) is 1. The van der Waals surface area contributed by atoms with Gasteiger partial charge in [-0.1, -0.05) is 13.8 Å². The Bertz CT molecular complexity index is 201. The van der Waals surface area contributed by atoms with Crippen LogP contribution in [0.3, 0.4) is 0 Å². The number of rotatable bonds is 3. The summed E-state index contributed by atoms with van der Waals surface area (Å²) in [5, 5.41) is 9.87. The third kappa shape index (κ3) is 2.71. The molecular weight excluding hydrogens is 192 g/mol. The van der Waals surface area contributed by atoms with Crippen molar-refractivity contribution in [1.29, 1.82) is 0 Å². The van der Waals surface area contributed by atoms with Gasteiger partial charge in [0.15, 0.2) is 0 Å². The molecule has 0 aromatic carbocycles. The Morgan fingerprint density at radius 1 is 1.27 bits per heavy atom. The standard InChI is InChI=1S/C12H22O3/c1-8(2)9-3-4-11(13)12(5-9)15-10-6-14-7-10/h8-13H,3-7H2,1-2H3. The van der Waals surface area contributed by atoms with E-state index in [1.807, 2.05) is 0 Å². The molecule has 1 heterocycles. The second kappa shape index (κ2) is 4.81. The van der Waals surface area contributed by atoms with Crippen LogP contribution in [0.25, 0.3) is 0 Å². The van der Waals surface area contributed by atoms with Gasteiger partial charge in [-0.15, -0.1) is 0 Å². The summed E-state index contributed by atoms with van der Waals surface area (Å²) in [6.07, 6.45) is 3.05. The van der Waals surface area contributed by atoms with Gasteiger partial charge in [-0.25, -0.2) is 0 Å². The largest absolute Gasteiger partial charge is 0.390 e. The topological polar surface area (TPSA) is 38.7 Å². The monoisotopic (exact) mass is 214 g/mol. The first-order valence-corrected chi connectivity index (χ1v) is 6.08. The molecule has 0 amide bonds. The summed E-state index contributed by atoms with van der Waals surface area (Å²) in [6, 6.07) is 0. The predicted octanol–water partition coefficient (Wildman–Crippen LogP) is 1.59. The molecule has 2 aliphatic rings. The van der Waals surface area contributed by atoms with Crippen LogP contribution < -0.4 is 0 Å². The Kier molecular flexibility index (Phi) is 3.65. The van der Waals surface area contributed by atoms with Crippen molar-refractivity contribution in [3.05, 3.63) is 0 Å². The van der Waals surface area contributed by atoms with Crippen LogP contribution in [0.1, 0.15) is 33.1 Å². The highest BCUT2D eigenvalue weighted by atomic mass is 16.6. The van der Waals surface area contributed by atoms with E-state index in [-0.39, 0.29) is 18.3 Å². The van der Waals surface area contributed by atoms with Crippen LogP contribution in [-0.2, 0) is 9.47 Å². The number of hydrogen-bond acceptors (Lipinski definition) is 3. The van der Waals surface area contributed by atoms with Gasteiger partial charge in [0, 0.05) is 0 Å². The Labute approximate surface area is 91.8 Å². The van der Waals surface area contributed by atoms with E-state index >= 15 is 0 Å². The van der Waals surface area contributed by atoms with Crippen LogP contribution in [-0.4, -0.2) is 36.6 Å². The summed E-state index contributed by atoms with van der Waals surface area (Å²) in [4.78, 5) is 0. The zero-order valence-electron chi connectivity index (χ0n) is 9.69. The highest BCUT2D eigenvalue weighted by Crippen LogP contribution is 2.32. The van der Waals surface area contributed by atoms with Crippen molar-refractivity contribution >= 4 is 0 Å². The van der Waals surface area contributed by atoms with Crippen molar-refractivity contribution in [2.24, 2.45) is 11.8 Å². The van der Waals surface area contributed by atoms with Crippen LogP contribution in [0.5, 0.6) is 0 Å². The lowest BCUT2D eigenvalue weighted by atomic mass is 9.79. The van der Waals surface area contributed by atoms with Gasteiger partial charge in [0.25, 0.3) is 0 Å². The van der Waals surface area contributed by atoms with Crippen molar-refractivity contribution in [2.45, 2.75) is 51.4 Å². The fourth-order valence-corrected chi connectivity index (χ4v) is 2.44. The van der Waals surface area contributed by atoms with Gasteiger partial charge in [-0.3, -0.25) is 0 Å². The minimum absolute atomic E-state index is 0.0417. The Morgan fingerprint density at radius 3 is 2.53 bits per heavy atom. The van der Waals surface area contributed by atoms with Crippen molar-refractivity contribution < 1.29 is 14.6 Å². The Hall–Kier alpha value is -0.120. The zero-order valence-corrected chi connectivity index (χ0v) is 9.69. The van der Waals surface area contributed by atoms with Gasteiger partial charge in [0.2, 0.25) is 0 Å². The third-order valence-corrected chi connectivity index (χ3v) is 3.71. The fourth-order valence-electron chi connectivity index (χ4n) is 2.44. The van der Waals surface area contributed by atoms with Gasteiger partial charge in [0.1, 0.15) is 6.10 Å². The van der Waals surface area contributed by atoms with Gasteiger partial charge in [-0.2, -0.15) is 0 Å². The molecule has 1 aliphatic heterocycles. The van der Waals surface area contributed by atoms with Crippen LogP contribution in [0.4, 0.5) is 0 Å². The lowest BCUT2D eigenvalue weighted by Gasteiger charge is -2.39. The number of ether oxygens (including phenoxy) is 2. The van der Waals surface area contributed by atoms with Crippen LogP contribution in [0, 0.1) is 11.8 Å². The summed E-state index contributed by atoms with van der Waals surface area (Å²) in [5.74, 6) is 1.40. The second-order valence-electron chi connectivity index (χ2n) is 5.22. The SMILES string of the molecule is CC(C)C1CCC(O)C(OC2COC2)C1. The molecule has 3 unspecified atom stereocenters. The van der Waals surface area contributed by atoms with Crippen LogP contribution in [0.2, 0.25) is 0 Å². The molecule has 0 bridgehead atoms. The van der Waals surface area contributed by atoms with E-state index in [2.05, 4.69) is 13.8 Å². The summed E-state index contributed by atoms with van der Waals surface area (Å²) >= 11 is 0. The van der Waals surface area contributed by atoms with Gasteiger partial charge in [0.05, 0.1) is 25.4 Å². The quantitative estimate of drug-likeness (QED) is 0.775. The van der Waals surface area contributed by atoms with Crippen molar-refractivity contribution in [3.8, 4) is 0 Å². The maximum Gasteiger partial charge on any atom is 0.105 e. The van der Waals surface area contributed by atoms with E-state index in [1.54, 1.807) is 0 Å². The van der Waals surface area contributed by atoms with Crippen molar-refractivity contribution in [2.75, 3.05) is 13.2 Å². The lowest BCUT2D eigenvalue weighted by molar-refractivity contribution is -0.187. The summed E-state index contributed by atoms with van der Waals surface area (Å²) in [5.41, 5.74) is 0. The van der Waals surface area contributed by atoms with E-state index in [0.717, 1.165) is 19.3 Å². The molecule has 1 aliphatic carbocycles. The van der Waals surface area contributed by atoms with Crippen molar-refractivity contribution in [1.82, 2.24) is 0 Å². The minimum atomic E-state index is -0.263. The molecule has 1 N–H and O–H groups in total. The molecule has 0 spiro atoms. The molecule has 3 atom stereocenters. The van der Waals surface area contributed by atoms with Gasteiger partial charge in [-0.05, 0) is 31.1 Å². The zero-order chi connectivity index (χ0) is 10.8. The molecule has 2 fully saturated rings. The highest BCUT2D eigenvalue weighted by Gasteiger charge is 2.34. The third-order valence-electron chi connectivity index (χ3n) is 3.71. The second-order valence-corrected chi connectivity index (χ2v) is 5.22. The lowest BCUT2D eigenvalue weighted by Crippen LogP contribution is -2.45. The van der Waals surface area contributed by atoms with Crippen molar-refractivity contribution in [3.63, 3.8) is 0 Å². The van der Waals surface area contributed by atoms with Crippen LogP contribution in [0.15, 0.2) is 0 Å². The van der Waals surface area contributed by atoms with E-state index in [1.165, 1.54) is 0 Å². The molecule has 15 heavy (non-hydrogen) atoms. The smallest absolute Gasteiger partial charge is 0.105 e. The van der Waals surface area contributed by atoms with E-state index < -0.39 is 0 Å². The normalized spacial score (nSPS) is 38.0. The first-order chi connectivity index (χ1) is 7.16. The Balaban J connectivity index is 1.84. The Morgan fingerprint density at radius 2 is 2.00 bits per heavy atom. The van der Waals surface area contributed by atoms with Gasteiger partial charge >= 0.3 is 0 Å². The first kappa shape index (κ1) is 11.4. The maximum absolute atomic E-state index is 9.87. The van der Waals surface area contributed by atoms with E-state index in [9.17, 15) is 5.11 Å². The van der Waals surface area contributed by atoms with Gasteiger partial charge < -0.3 is 14.6 Å². The molecule has 0 aromatic heterocycles. The maximum atomic E-state index is 9.87. The molecule has 0 aromatic rings. The predicted molar refractivity (Wildman–Crippen MR) is 57.7 cm³/mol.